The lowest BCUT2D eigenvalue weighted by molar-refractivity contribution is -0.345. The SMILES string of the molecule is C#CCNC(=O)CCCCCO[C@H]1C(COC2OC(COC3OC(CO)C(O)C(O)C3O)[C@H](OCCCCCC(=O)O)C(O)C2O)OC(OC)C(O)C1O. The summed E-state index contributed by atoms with van der Waals surface area (Å²) in [5.41, 5.74) is 0. The fraction of sp³-hybridized carbons (Fsp3) is 0.882. The molecule has 20 nitrogen and oxygen atoms in total. The number of ether oxygens (including phenoxy) is 8. The average molecular weight is 784 g/mol. The molecule has 10 N–H and O–H groups in total. The van der Waals surface area contributed by atoms with E-state index in [9.17, 15) is 50.4 Å². The van der Waals surface area contributed by atoms with Gasteiger partial charge < -0.3 is 89.2 Å². The third-order valence-electron chi connectivity index (χ3n) is 9.30. The van der Waals surface area contributed by atoms with Gasteiger partial charge in [-0.15, -0.1) is 6.42 Å². The number of carboxylic acids is 1. The number of terminal acetylenes is 1. The van der Waals surface area contributed by atoms with Crippen molar-refractivity contribution in [2.45, 2.75) is 143 Å². The molecule has 0 bridgehead atoms. The van der Waals surface area contributed by atoms with Gasteiger partial charge in [-0.1, -0.05) is 18.8 Å². The molecule has 0 aromatic heterocycles. The Balaban J connectivity index is 1.66. The van der Waals surface area contributed by atoms with Crippen molar-refractivity contribution in [3.05, 3.63) is 0 Å². The number of rotatable bonds is 23. The number of methoxy groups -OCH3 is 1. The van der Waals surface area contributed by atoms with Crippen molar-refractivity contribution in [1.82, 2.24) is 5.32 Å². The van der Waals surface area contributed by atoms with Gasteiger partial charge in [0.2, 0.25) is 5.91 Å². The number of hydrogen-bond acceptors (Lipinski definition) is 18. The molecule has 3 aliphatic heterocycles. The fourth-order valence-electron chi connectivity index (χ4n) is 6.20. The number of amides is 1. The topological polar surface area (TPSA) is 302 Å². The summed E-state index contributed by atoms with van der Waals surface area (Å²) in [7, 11) is 1.26. The molecule has 312 valence electrons. The van der Waals surface area contributed by atoms with Crippen LogP contribution < -0.4 is 5.32 Å². The lowest BCUT2D eigenvalue weighted by atomic mass is 9.97. The van der Waals surface area contributed by atoms with Crippen molar-refractivity contribution in [3.8, 4) is 12.3 Å². The molecule has 3 fully saturated rings. The smallest absolute Gasteiger partial charge is 0.303 e. The normalized spacial score (nSPS) is 37.1. The first-order chi connectivity index (χ1) is 25.8. The van der Waals surface area contributed by atoms with Crippen LogP contribution in [-0.4, -0.2) is 197 Å². The zero-order valence-electron chi connectivity index (χ0n) is 30.2. The number of carbonyl (C=O) groups excluding carboxylic acids is 1. The van der Waals surface area contributed by atoms with E-state index < -0.39 is 118 Å². The van der Waals surface area contributed by atoms with Crippen LogP contribution in [0.3, 0.4) is 0 Å². The summed E-state index contributed by atoms with van der Waals surface area (Å²) in [5, 5.41) is 95.4. The van der Waals surface area contributed by atoms with E-state index in [1.165, 1.54) is 7.11 Å². The largest absolute Gasteiger partial charge is 0.481 e. The summed E-state index contributed by atoms with van der Waals surface area (Å²) in [5.74, 6) is 1.20. The minimum absolute atomic E-state index is 0.0333. The summed E-state index contributed by atoms with van der Waals surface area (Å²) in [4.78, 5) is 22.6. The molecule has 20 heteroatoms. The second kappa shape index (κ2) is 23.8. The first-order valence-corrected chi connectivity index (χ1v) is 18.1. The van der Waals surface area contributed by atoms with Gasteiger partial charge in [0.1, 0.15) is 73.2 Å². The van der Waals surface area contributed by atoms with Crippen LogP contribution >= 0.6 is 0 Å². The molecule has 1 amide bonds. The molecule has 0 radical (unpaired) electrons. The minimum atomic E-state index is -1.74. The van der Waals surface area contributed by atoms with Gasteiger partial charge in [-0.3, -0.25) is 9.59 Å². The minimum Gasteiger partial charge on any atom is -0.481 e. The van der Waals surface area contributed by atoms with Crippen molar-refractivity contribution < 1.29 is 93.4 Å². The van der Waals surface area contributed by atoms with Gasteiger partial charge in [0.15, 0.2) is 18.9 Å². The predicted octanol–water partition coefficient (Wildman–Crippen LogP) is -3.92. The van der Waals surface area contributed by atoms with Crippen molar-refractivity contribution in [2.24, 2.45) is 0 Å². The number of carbonyl (C=O) groups is 2. The maximum absolute atomic E-state index is 11.8. The van der Waals surface area contributed by atoms with Gasteiger partial charge in [0, 0.05) is 33.2 Å². The van der Waals surface area contributed by atoms with Crippen molar-refractivity contribution >= 4 is 11.9 Å². The Labute approximate surface area is 313 Å². The molecule has 0 saturated carbocycles. The van der Waals surface area contributed by atoms with Crippen molar-refractivity contribution in [2.75, 3.05) is 46.7 Å². The molecule has 0 aromatic carbocycles. The predicted molar refractivity (Wildman–Crippen MR) is 180 cm³/mol. The second-order valence-electron chi connectivity index (χ2n) is 13.3. The Bertz CT molecular complexity index is 1140. The van der Waals surface area contributed by atoms with Gasteiger partial charge in [0.25, 0.3) is 0 Å². The lowest BCUT2D eigenvalue weighted by Crippen LogP contribution is -2.63. The van der Waals surface area contributed by atoms with E-state index in [0.29, 0.717) is 38.5 Å². The van der Waals surface area contributed by atoms with Crippen LogP contribution in [0.25, 0.3) is 0 Å². The van der Waals surface area contributed by atoms with E-state index in [-0.39, 0.29) is 38.5 Å². The third-order valence-corrected chi connectivity index (χ3v) is 9.30. The number of carboxylic acid groups (broad SMARTS) is 1. The first kappa shape index (κ1) is 46.2. The van der Waals surface area contributed by atoms with Crippen LogP contribution in [-0.2, 0) is 47.5 Å². The Morgan fingerprint density at radius 1 is 0.630 bits per heavy atom. The van der Waals surface area contributed by atoms with Gasteiger partial charge in [0.05, 0.1) is 26.4 Å². The highest BCUT2D eigenvalue weighted by molar-refractivity contribution is 5.76. The number of nitrogens with one attached hydrogen (secondary N) is 1. The van der Waals surface area contributed by atoms with Crippen LogP contribution in [0, 0.1) is 12.3 Å². The molecule has 15 atom stereocenters. The highest BCUT2D eigenvalue weighted by Crippen LogP contribution is 2.30. The summed E-state index contributed by atoms with van der Waals surface area (Å²) in [6.45, 7) is -1.30. The zero-order chi connectivity index (χ0) is 39.8. The molecular weight excluding hydrogens is 726 g/mol. The molecule has 0 spiro atoms. The lowest BCUT2D eigenvalue weighted by Gasteiger charge is -2.45. The quantitative estimate of drug-likeness (QED) is 0.0350. The van der Waals surface area contributed by atoms with Gasteiger partial charge in [-0.2, -0.15) is 0 Å². The van der Waals surface area contributed by atoms with Gasteiger partial charge in [-0.05, 0) is 25.7 Å². The molecule has 3 aliphatic rings. The second-order valence-corrected chi connectivity index (χ2v) is 13.3. The third kappa shape index (κ3) is 13.5. The van der Waals surface area contributed by atoms with Crippen molar-refractivity contribution in [1.29, 1.82) is 0 Å². The number of hydrogen-bond donors (Lipinski definition) is 10. The van der Waals surface area contributed by atoms with E-state index in [1.807, 2.05) is 0 Å². The average Bonchev–Trinajstić information content (AvgIpc) is 3.15. The molecule has 3 rings (SSSR count). The number of aliphatic hydroxyl groups is 8. The molecule has 0 aliphatic carbocycles. The maximum atomic E-state index is 11.8. The van der Waals surface area contributed by atoms with Crippen LogP contribution in [0.15, 0.2) is 0 Å². The molecule has 3 saturated heterocycles. The van der Waals surface area contributed by atoms with E-state index in [1.54, 1.807) is 0 Å². The van der Waals surface area contributed by atoms with Crippen LogP contribution in [0.5, 0.6) is 0 Å². The standard InChI is InChI=1S/C34H57NO19/c1-3-12-35-21(37)10-6-4-8-13-48-30-19(53-32(47-2)28(45)25(30)42)16-51-34-29(46)26(43)31(49-14-9-5-7-11-22(38)39)20(54-34)17-50-33-27(44)24(41)23(40)18(15-36)52-33/h1,18-20,23-34,36,40-46H,4-17H2,2H3,(H,35,37)(H,38,39)/t18?,19?,20?,23?,24?,25?,26?,27?,28?,29?,30-,31-,32?,33?,34?/m0/s1. The number of unbranched alkanes of at least 4 members (excludes halogenated alkanes) is 4. The van der Waals surface area contributed by atoms with Gasteiger partial charge in [-0.25, -0.2) is 0 Å². The molecular formula is C34H57NO19. The Kier molecular flexibility index (Phi) is 20.4. The van der Waals surface area contributed by atoms with Gasteiger partial charge >= 0.3 is 5.97 Å². The Hall–Kier alpha value is -2.14. The van der Waals surface area contributed by atoms with E-state index in [0.717, 1.165) is 0 Å². The monoisotopic (exact) mass is 783 g/mol. The summed E-state index contributed by atoms with van der Waals surface area (Å²) in [6, 6.07) is 0. The summed E-state index contributed by atoms with van der Waals surface area (Å²) in [6.07, 6.45) is -13.4. The maximum Gasteiger partial charge on any atom is 0.303 e. The highest BCUT2D eigenvalue weighted by Gasteiger charge is 2.50. The fourth-order valence-corrected chi connectivity index (χ4v) is 6.20. The molecule has 13 unspecified atom stereocenters. The Morgan fingerprint density at radius 3 is 1.61 bits per heavy atom. The highest BCUT2D eigenvalue weighted by atomic mass is 16.7. The number of aliphatic hydroxyl groups excluding tert-OH is 8. The van der Waals surface area contributed by atoms with Crippen LogP contribution in [0.4, 0.5) is 0 Å². The van der Waals surface area contributed by atoms with E-state index >= 15 is 0 Å². The Morgan fingerprint density at radius 2 is 1.11 bits per heavy atom. The van der Waals surface area contributed by atoms with E-state index in [4.69, 9.17) is 49.4 Å². The van der Waals surface area contributed by atoms with Crippen LogP contribution in [0.2, 0.25) is 0 Å². The van der Waals surface area contributed by atoms with Crippen LogP contribution in [0.1, 0.15) is 51.4 Å². The summed E-state index contributed by atoms with van der Waals surface area (Å²) < 4.78 is 45.6. The summed E-state index contributed by atoms with van der Waals surface area (Å²) >= 11 is 0. The molecule has 3 heterocycles. The first-order valence-electron chi connectivity index (χ1n) is 18.1. The van der Waals surface area contributed by atoms with Crippen molar-refractivity contribution in [3.63, 3.8) is 0 Å². The number of aliphatic carboxylic acids is 1. The molecule has 54 heavy (non-hydrogen) atoms. The van der Waals surface area contributed by atoms with E-state index in [2.05, 4.69) is 11.2 Å². The molecule has 0 aromatic rings. The zero-order valence-corrected chi connectivity index (χ0v) is 30.2.